The zero-order valence-corrected chi connectivity index (χ0v) is 18.2. The number of rotatable bonds is 5. The minimum Gasteiger partial charge on any atom is -0.468 e. The highest BCUT2D eigenvalue weighted by atomic mass is 127. The molecule has 1 unspecified atom stereocenters. The standard InChI is InChI=1S/C19H27IO3Si/c1-22-17(21)18(13-14-9-5-6-10-15(14)20)16-11-7-8-12-19(16,18)23-24(2,3)4/h5-6,9-10,16H,7-8,11-13H2,1-4H3/t16?,18-,19+/m1/s1. The van der Waals surface area contributed by atoms with E-state index in [-0.39, 0.29) is 11.6 Å². The molecule has 2 aliphatic rings. The predicted molar refractivity (Wildman–Crippen MR) is 106 cm³/mol. The van der Waals surface area contributed by atoms with Crippen molar-refractivity contribution in [1.82, 2.24) is 0 Å². The molecular formula is C19H27IO3Si. The van der Waals surface area contributed by atoms with Gasteiger partial charge in [-0.1, -0.05) is 31.0 Å². The lowest BCUT2D eigenvalue weighted by Gasteiger charge is -2.32. The zero-order chi connectivity index (χ0) is 17.6. The van der Waals surface area contributed by atoms with Crippen molar-refractivity contribution in [3.8, 4) is 0 Å². The number of halogens is 1. The molecule has 0 radical (unpaired) electrons. The molecule has 0 spiro atoms. The van der Waals surface area contributed by atoms with Gasteiger partial charge in [0.15, 0.2) is 8.32 Å². The molecule has 0 heterocycles. The van der Waals surface area contributed by atoms with Crippen LogP contribution in [0.2, 0.25) is 19.6 Å². The maximum atomic E-state index is 13.0. The molecule has 0 aromatic heterocycles. The fourth-order valence-corrected chi connectivity index (χ4v) is 6.91. The highest BCUT2D eigenvalue weighted by Crippen LogP contribution is 2.73. The maximum Gasteiger partial charge on any atom is 0.315 e. The van der Waals surface area contributed by atoms with Crippen molar-refractivity contribution in [2.45, 2.75) is 57.3 Å². The van der Waals surface area contributed by atoms with Gasteiger partial charge in [0.2, 0.25) is 0 Å². The van der Waals surface area contributed by atoms with Gasteiger partial charge in [-0.2, -0.15) is 0 Å². The molecule has 3 atom stereocenters. The van der Waals surface area contributed by atoms with E-state index >= 15 is 0 Å². The Bertz CT molecular complexity index is 642. The quantitative estimate of drug-likeness (QED) is 0.362. The minimum absolute atomic E-state index is 0.0766. The average Bonchev–Trinajstić information content (AvgIpc) is 3.08. The zero-order valence-electron chi connectivity index (χ0n) is 15.0. The Morgan fingerprint density at radius 1 is 1.29 bits per heavy atom. The number of methoxy groups -OCH3 is 1. The van der Waals surface area contributed by atoms with Crippen LogP contribution < -0.4 is 0 Å². The third kappa shape index (κ3) is 2.86. The van der Waals surface area contributed by atoms with Crippen LogP contribution >= 0.6 is 22.6 Å². The monoisotopic (exact) mass is 458 g/mol. The molecule has 0 saturated heterocycles. The molecule has 24 heavy (non-hydrogen) atoms. The molecular weight excluding hydrogens is 431 g/mol. The van der Waals surface area contributed by atoms with Crippen LogP contribution in [-0.2, 0) is 20.4 Å². The number of carbonyl (C=O) groups excluding carboxylic acids is 1. The van der Waals surface area contributed by atoms with E-state index in [4.69, 9.17) is 9.16 Å². The summed E-state index contributed by atoms with van der Waals surface area (Å²) in [5, 5.41) is 0. The van der Waals surface area contributed by atoms with Crippen LogP contribution in [0.4, 0.5) is 0 Å². The topological polar surface area (TPSA) is 35.5 Å². The lowest BCUT2D eigenvalue weighted by Crippen LogP contribution is -2.41. The van der Waals surface area contributed by atoms with Gasteiger partial charge in [-0.25, -0.2) is 0 Å². The predicted octanol–water partition coefficient (Wildman–Crippen LogP) is 4.79. The molecule has 5 heteroatoms. The number of hydrogen-bond acceptors (Lipinski definition) is 3. The summed E-state index contributed by atoms with van der Waals surface area (Å²) in [7, 11) is -0.243. The molecule has 0 aliphatic heterocycles. The van der Waals surface area contributed by atoms with E-state index in [2.05, 4.69) is 60.4 Å². The van der Waals surface area contributed by atoms with Crippen LogP contribution in [-0.4, -0.2) is 27.0 Å². The number of fused-ring (bicyclic) bond motifs is 1. The van der Waals surface area contributed by atoms with Crippen molar-refractivity contribution >= 4 is 36.9 Å². The lowest BCUT2D eigenvalue weighted by molar-refractivity contribution is -0.150. The van der Waals surface area contributed by atoms with Gasteiger partial charge < -0.3 is 9.16 Å². The largest absolute Gasteiger partial charge is 0.468 e. The van der Waals surface area contributed by atoms with Crippen LogP contribution in [0.5, 0.6) is 0 Å². The molecule has 0 N–H and O–H groups in total. The number of ether oxygens (including phenoxy) is 1. The smallest absolute Gasteiger partial charge is 0.315 e. The van der Waals surface area contributed by atoms with Crippen molar-refractivity contribution in [3.05, 3.63) is 33.4 Å². The summed E-state index contributed by atoms with van der Waals surface area (Å²) < 4.78 is 13.3. The highest BCUT2D eigenvalue weighted by molar-refractivity contribution is 14.1. The van der Waals surface area contributed by atoms with Crippen molar-refractivity contribution in [1.29, 1.82) is 0 Å². The van der Waals surface area contributed by atoms with Crippen molar-refractivity contribution < 1.29 is 14.0 Å². The van der Waals surface area contributed by atoms with Crippen molar-refractivity contribution in [2.24, 2.45) is 11.3 Å². The Morgan fingerprint density at radius 2 is 2.00 bits per heavy atom. The molecule has 3 rings (SSSR count). The minimum atomic E-state index is -1.76. The van der Waals surface area contributed by atoms with Gasteiger partial charge in [-0.05, 0) is 73.1 Å². The summed E-state index contributed by atoms with van der Waals surface area (Å²) in [5.41, 5.74) is 0.429. The summed E-state index contributed by atoms with van der Waals surface area (Å²) in [6, 6.07) is 8.35. The van der Waals surface area contributed by atoms with E-state index in [0.717, 1.165) is 25.7 Å². The first-order chi connectivity index (χ1) is 11.3. The Kier molecular flexibility index (Phi) is 4.90. The van der Waals surface area contributed by atoms with E-state index in [9.17, 15) is 4.79 Å². The summed E-state index contributed by atoms with van der Waals surface area (Å²) in [6.45, 7) is 6.67. The molecule has 2 aliphatic carbocycles. The van der Waals surface area contributed by atoms with Gasteiger partial charge in [0, 0.05) is 9.49 Å². The number of benzene rings is 1. The maximum absolute atomic E-state index is 13.0. The molecule has 132 valence electrons. The first-order valence-corrected chi connectivity index (χ1v) is 13.3. The van der Waals surface area contributed by atoms with E-state index in [1.165, 1.54) is 22.7 Å². The number of carbonyl (C=O) groups is 1. The van der Waals surface area contributed by atoms with Gasteiger partial charge in [0.25, 0.3) is 0 Å². The molecule has 0 bridgehead atoms. The SMILES string of the molecule is COC(=O)[C@@]1(Cc2ccccc2I)C2CCCC[C@]21O[Si](C)(C)C. The van der Waals surface area contributed by atoms with E-state index in [1.54, 1.807) is 0 Å². The summed E-state index contributed by atoms with van der Waals surface area (Å²) in [5.74, 6) is 0.223. The second-order valence-corrected chi connectivity index (χ2v) is 13.7. The molecule has 0 amide bonds. The van der Waals surface area contributed by atoms with Crippen molar-refractivity contribution in [3.63, 3.8) is 0 Å². The normalized spacial score (nSPS) is 32.1. The highest BCUT2D eigenvalue weighted by Gasteiger charge is 2.82. The van der Waals surface area contributed by atoms with E-state index < -0.39 is 13.7 Å². The van der Waals surface area contributed by atoms with Gasteiger partial charge >= 0.3 is 5.97 Å². The van der Waals surface area contributed by atoms with Gasteiger partial charge in [-0.15, -0.1) is 0 Å². The van der Waals surface area contributed by atoms with Gasteiger partial charge in [0.1, 0.15) is 5.41 Å². The molecule has 2 fully saturated rings. The van der Waals surface area contributed by atoms with Crippen LogP contribution in [0.25, 0.3) is 0 Å². The summed E-state index contributed by atoms with van der Waals surface area (Å²) in [4.78, 5) is 13.0. The third-order valence-electron chi connectivity index (χ3n) is 5.59. The summed E-state index contributed by atoms with van der Waals surface area (Å²) in [6.07, 6.45) is 5.12. The van der Waals surface area contributed by atoms with Gasteiger partial charge in [-0.3, -0.25) is 4.79 Å². The van der Waals surface area contributed by atoms with E-state index in [0.29, 0.717) is 5.92 Å². The molecule has 1 aromatic rings. The van der Waals surface area contributed by atoms with Crippen LogP contribution in [0.15, 0.2) is 24.3 Å². The molecule has 2 saturated carbocycles. The first kappa shape index (κ1) is 18.4. The number of esters is 1. The Labute approximate surface area is 159 Å². The van der Waals surface area contributed by atoms with Crippen molar-refractivity contribution in [2.75, 3.05) is 7.11 Å². The number of hydrogen-bond donors (Lipinski definition) is 0. The Hall–Kier alpha value is -0.403. The fourth-order valence-electron chi connectivity index (χ4n) is 4.81. The second kappa shape index (κ2) is 6.40. The summed E-state index contributed by atoms with van der Waals surface area (Å²) >= 11 is 2.37. The van der Waals surface area contributed by atoms with Crippen LogP contribution in [0.1, 0.15) is 31.2 Å². The fraction of sp³-hybridized carbons (Fsp3) is 0.632. The first-order valence-electron chi connectivity index (χ1n) is 8.79. The third-order valence-corrected chi connectivity index (χ3v) is 7.61. The van der Waals surface area contributed by atoms with E-state index in [1.807, 2.05) is 6.07 Å². The van der Waals surface area contributed by atoms with Crippen LogP contribution in [0.3, 0.4) is 0 Å². The second-order valence-electron chi connectivity index (χ2n) is 8.13. The van der Waals surface area contributed by atoms with Crippen LogP contribution in [0, 0.1) is 14.9 Å². The Balaban J connectivity index is 2.03. The Morgan fingerprint density at radius 3 is 2.62 bits per heavy atom. The molecule has 3 nitrogen and oxygen atoms in total. The molecule has 1 aromatic carbocycles. The lowest BCUT2D eigenvalue weighted by atomic mass is 9.90. The average molecular weight is 458 g/mol. The van der Waals surface area contributed by atoms with Gasteiger partial charge in [0.05, 0.1) is 12.7 Å².